The van der Waals surface area contributed by atoms with E-state index in [2.05, 4.69) is 20.5 Å². The summed E-state index contributed by atoms with van der Waals surface area (Å²) in [6, 6.07) is 9.56. The van der Waals surface area contributed by atoms with Gasteiger partial charge in [0.2, 0.25) is 0 Å². The highest BCUT2D eigenvalue weighted by molar-refractivity contribution is 5.98. The van der Waals surface area contributed by atoms with Gasteiger partial charge in [0.1, 0.15) is 0 Å². The zero-order valence-electron chi connectivity index (χ0n) is 10.5. The molecule has 5 nitrogen and oxygen atoms in total. The first-order valence-corrected chi connectivity index (χ1v) is 6.18. The number of H-pyrrole nitrogens is 2. The van der Waals surface area contributed by atoms with Crippen molar-refractivity contribution in [3.63, 3.8) is 0 Å². The van der Waals surface area contributed by atoms with Crippen LogP contribution in [0.15, 0.2) is 36.5 Å². The van der Waals surface area contributed by atoms with Gasteiger partial charge in [0.05, 0.1) is 11.4 Å². The van der Waals surface area contributed by atoms with Gasteiger partial charge in [0.15, 0.2) is 0 Å². The van der Waals surface area contributed by atoms with Gasteiger partial charge in [-0.1, -0.05) is 6.07 Å². The number of aromatic nitrogens is 3. The van der Waals surface area contributed by atoms with Crippen LogP contribution in [0.1, 0.15) is 17.3 Å². The van der Waals surface area contributed by atoms with E-state index in [1.165, 1.54) is 0 Å². The Kier molecular flexibility index (Phi) is 2.79. The van der Waals surface area contributed by atoms with E-state index in [4.69, 9.17) is 0 Å². The number of nitrogens with zero attached hydrogens (tertiary/aromatic N) is 1. The van der Waals surface area contributed by atoms with Crippen LogP contribution in [-0.4, -0.2) is 27.6 Å². The van der Waals surface area contributed by atoms with Gasteiger partial charge in [-0.3, -0.25) is 9.89 Å². The SMILES string of the molecule is CCNC(=O)c1ccc2cc(-c3ccn[nH]3)[nH]c2c1. The number of hydrogen-bond acceptors (Lipinski definition) is 2. The molecule has 3 N–H and O–H groups in total. The van der Waals surface area contributed by atoms with Crippen LogP contribution in [0.25, 0.3) is 22.3 Å². The second-order valence-corrected chi connectivity index (χ2v) is 4.31. The van der Waals surface area contributed by atoms with Crippen molar-refractivity contribution in [2.75, 3.05) is 6.54 Å². The van der Waals surface area contributed by atoms with E-state index in [0.717, 1.165) is 22.3 Å². The topological polar surface area (TPSA) is 73.6 Å². The minimum atomic E-state index is -0.0536. The Bertz CT molecular complexity index is 712. The van der Waals surface area contributed by atoms with Crippen LogP contribution in [0.2, 0.25) is 0 Å². The van der Waals surface area contributed by atoms with Crippen molar-refractivity contribution in [2.45, 2.75) is 6.92 Å². The van der Waals surface area contributed by atoms with Crippen LogP contribution < -0.4 is 5.32 Å². The zero-order valence-corrected chi connectivity index (χ0v) is 10.5. The maximum Gasteiger partial charge on any atom is 0.251 e. The molecular weight excluding hydrogens is 240 g/mol. The third-order valence-electron chi connectivity index (χ3n) is 3.01. The molecule has 0 aliphatic carbocycles. The Hall–Kier alpha value is -2.56. The minimum Gasteiger partial charge on any atom is -0.353 e. The molecule has 3 rings (SSSR count). The van der Waals surface area contributed by atoms with Gasteiger partial charge < -0.3 is 10.3 Å². The average Bonchev–Trinajstić information content (AvgIpc) is 3.07. The maximum absolute atomic E-state index is 11.8. The summed E-state index contributed by atoms with van der Waals surface area (Å²) in [5, 5.41) is 10.7. The normalized spacial score (nSPS) is 10.8. The first kappa shape index (κ1) is 11.5. The van der Waals surface area contributed by atoms with Crippen LogP contribution >= 0.6 is 0 Å². The predicted molar refractivity (Wildman–Crippen MR) is 73.9 cm³/mol. The molecule has 2 heterocycles. The van der Waals surface area contributed by atoms with Crippen LogP contribution in [-0.2, 0) is 0 Å². The molecule has 3 aromatic rings. The van der Waals surface area contributed by atoms with Gasteiger partial charge in [-0.25, -0.2) is 0 Å². The number of nitrogens with one attached hydrogen (secondary N) is 3. The Morgan fingerprint density at radius 3 is 2.89 bits per heavy atom. The molecule has 0 unspecified atom stereocenters. The summed E-state index contributed by atoms with van der Waals surface area (Å²) in [5.41, 5.74) is 3.48. The minimum absolute atomic E-state index is 0.0536. The molecule has 0 aliphatic rings. The third-order valence-corrected chi connectivity index (χ3v) is 3.01. The Morgan fingerprint density at radius 2 is 2.16 bits per heavy atom. The smallest absolute Gasteiger partial charge is 0.251 e. The number of carbonyl (C=O) groups excluding carboxylic acids is 1. The predicted octanol–water partition coefficient (Wildman–Crippen LogP) is 2.31. The summed E-state index contributed by atoms with van der Waals surface area (Å²) < 4.78 is 0. The Labute approximate surface area is 110 Å². The van der Waals surface area contributed by atoms with Crippen LogP contribution in [0.3, 0.4) is 0 Å². The molecule has 1 aromatic carbocycles. The molecule has 1 amide bonds. The number of amides is 1. The van der Waals surface area contributed by atoms with E-state index in [9.17, 15) is 4.79 Å². The van der Waals surface area contributed by atoms with E-state index < -0.39 is 0 Å². The Balaban J connectivity index is 2.02. The molecule has 0 spiro atoms. The van der Waals surface area contributed by atoms with Crippen molar-refractivity contribution >= 4 is 16.8 Å². The van der Waals surface area contributed by atoms with Crippen LogP contribution in [0.5, 0.6) is 0 Å². The maximum atomic E-state index is 11.8. The first-order valence-electron chi connectivity index (χ1n) is 6.18. The highest BCUT2D eigenvalue weighted by Gasteiger charge is 2.08. The van der Waals surface area contributed by atoms with Crippen molar-refractivity contribution in [1.29, 1.82) is 0 Å². The molecule has 96 valence electrons. The summed E-state index contributed by atoms with van der Waals surface area (Å²) in [7, 11) is 0. The summed E-state index contributed by atoms with van der Waals surface area (Å²) in [4.78, 5) is 15.1. The summed E-state index contributed by atoms with van der Waals surface area (Å²) in [6.45, 7) is 2.53. The lowest BCUT2D eigenvalue weighted by atomic mass is 10.1. The van der Waals surface area contributed by atoms with Crippen molar-refractivity contribution in [1.82, 2.24) is 20.5 Å². The molecule has 0 fully saturated rings. The molecule has 0 saturated carbocycles. The molecule has 19 heavy (non-hydrogen) atoms. The molecule has 5 heteroatoms. The molecule has 0 atom stereocenters. The number of fused-ring (bicyclic) bond motifs is 1. The second-order valence-electron chi connectivity index (χ2n) is 4.31. The zero-order chi connectivity index (χ0) is 13.2. The van der Waals surface area contributed by atoms with Gasteiger partial charge in [-0.05, 0) is 31.2 Å². The highest BCUT2D eigenvalue weighted by Crippen LogP contribution is 2.23. The third kappa shape index (κ3) is 2.10. The van der Waals surface area contributed by atoms with Gasteiger partial charge in [0, 0.05) is 29.2 Å². The molecule has 0 bridgehead atoms. The molecular formula is C14H14N4O. The highest BCUT2D eigenvalue weighted by atomic mass is 16.1. The van der Waals surface area contributed by atoms with E-state index in [1.807, 2.05) is 37.3 Å². The van der Waals surface area contributed by atoms with Crippen molar-refractivity contribution < 1.29 is 4.79 Å². The van der Waals surface area contributed by atoms with Gasteiger partial charge in [-0.15, -0.1) is 0 Å². The number of hydrogen-bond donors (Lipinski definition) is 3. The average molecular weight is 254 g/mol. The lowest BCUT2D eigenvalue weighted by Crippen LogP contribution is -2.22. The van der Waals surface area contributed by atoms with Gasteiger partial charge >= 0.3 is 0 Å². The fraction of sp³-hybridized carbons (Fsp3) is 0.143. The van der Waals surface area contributed by atoms with Gasteiger partial charge in [-0.2, -0.15) is 5.10 Å². The van der Waals surface area contributed by atoms with Crippen LogP contribution in [0, 0.1) is 0 Å². The summed E-state index contributed by atoms with van der Waals surface area (Å²) in [6.07, 6.45) is 1.71. The quantitative estimate of drug-likeness (QED) is 0.671. The fourth-order valence-corrected chi connectivity index (χ4v) is 2.08. The number of benzene rings is 1. The largest absolute Gasteiger partial charge is 0.353 e. The molecule has 0 saturated heterocycles. The number of rotatable bonds is 3. The van der Waals surface area contributed by atoms with Crippen molar-refractivity contribution in [2.24, 2.45) is 0 Å². The van der Waals surface area contributed by atoms with E-state index in [1.54, 1.807) is 6.20 Å². The molecule has 0 aliphatic heterocycles. The standard InChI is InChI=1S/C14H14N4O/c1-2-15-14(19)10-4-3-9-7-13(17-12(9)8-10)11-5-6-16-18-11/h3-8,17H,2H2,1H3,(H,15,19)(H,16,18). The molecule has 2 aromatic heterocycles. The number of aromatic amines is 2. The van der Waals surface area contributed by atoms with Crippen molar-refractivity contribution in [3.05, 3.63) is 42.1 Å². The Morgan fingerprint density at radius 1 is 1.26 bits per heavy atom. The van der Waals surface area contributed by atoms with Crippen molar-refractivity contribution in [3.8, 4) is 11.4 Å². The monoisotopic (exact) mass is 254 g/mol. The van der Waals surface area contributed by atoms with E-state index in [0.29, 0.717) is 12.1 Å². The summed E-state index contributed by atoms with van der Waals surface area (Å²) >= 11 is 0. The fourth-order valence-electron chi connectivity index (χ4n) is 2.08. The van der Waals surface area contributed by atoms with Crippen LogP contribution in [0.4, 0.5) is 0 Å². The molecule has 0 radical (unpaired) electrons. The first-order chi connectivity index (χ1) is 9.28. The number of carbonyl (C=O) groups is 1. The summed E-state index contributed by atoms with van der Waals surface area (Å²) in [5.74, 6) is -0.0536. The lowest BCUT2D eigenvalue weighted by Gasteiger charge is -2.01. The van der Waals surface area contributed by atoms with Gasteiger partial charge in [0.25, 0.3) is 5.91 Å². The van der Waals surface area contributed by atoms with E-state index >= 15 is 0 Å². The lowest BCUT2D eigenvalue weighted by molar-refractivity contribution is 0.0956. The van der Waals surface area contributed by atoms with E-state index in [-0.39, 0.29) is 5.91 Å². The second kappa shape index (κ2) is 4.61.